The molecule has 1 aliphatic carbocycles. The Kier molecular flexibility index (Phi) is 3.79. The molecule has 0 aliphatic heterocycles. The number of halogens is 1. The Morgan fingerprint density at radius 3 is 2.68 bits per heavy atom. The highest BCUT2D eigenvalue weighted by molar-refractivity contribution is 5.97. The van der Waals surface area contributed by atoms with Gasteiger partial charge in [-0.3, -0.25) is 9.78 Å². The van der Waals surface area contributed by atoms with Crippen molar-refractivity contribution in [2.24, 2.45) is 5.92 Å². The minimum atomic E-state index is -0.732. The van der Waals surface area contributed by atoms with Crippen LogP contribution >= 0.6 is 0 Å². The number of nitrogens with zero attached hydrogens (tertiary/aromatic N) is 1. The highest BCUT2D eigenvalue weighted by Gasteiger charge is 2.35. The molecular formula is C17H17FN2O2. The van der Waals surface area contributed by atoms with Gasteiger partial charge in [-0.25, -0.2) is 4.39 Å². The molecule has 1 heterocycles. The zero-order valence-electron chi connectivity index (χ0n) is 12.2. The Morgan fingerprint density at radius 1 is 1.32 bits per heavy atom. The quantitative estimate of drug-likeness (QED) is 0.912. The van der Waals surface area contributed by atoms with Crippen LogP contribution < -0.4 is 5.32 Å². The fourth-order valence-corrected chi connectivity index (χ4v) is 2.55. The molecule has 4 nitrogen and oxygen atoms in total. The van der Waals surface area contributed by atoms with Gasteiger partial charge in [0.2, 0.25) is 0 Å². The first-order valence-electron chi connectivity index (χ1n) is 7.28. The van der Waals surface area contributed by atoms with Crippen molar-refractivity contribution in [3.8, 4) is 5.75 Å². The number of nitrogens with one attached hydrogen (secondary N) is 1. The van der Waals surface area contributed by atoms with Crippen LogP contribution in [0.3, 0.4) is 0 Å². The third kappa shape index (κ3) is 2.93. The van der Waals surface area contributed by atoms with E-state index in [0.717, 1.165) is 30.3 Å². The molecule has 1 aliphatic rings. The van der Waals surface area contributed by atoms with Gasteiger partial charge in [0.1, 0.15) is 17.1 Å². The molecule has 2 aromatic rings. The zero-order chi connectivity index (χ0) is 15.7. The fraction of sp³-hybridized carbons (Fsp3) is 0.294. The number of phenols is 1. The molecule has 22 heavy (non-hydrogen) atoms. The van der Waals surface area contributed by atoms with E-state index in [0.29, 0.717) is 5.92 Å². The average Bonchev–Trinajstić information content (AvgIpc) is 3.29. The van der Waals surface area contributed by atoms with E-state index < -0.39 is 11.7 Å². The average molecular weight is 300 g/mol. The van der Waals surface area contributed by atoms with Crippen molar-refractivity contribution in [3.05, 3.63) is 59.2 Å². The van der Waals surface area contributed by atoms with E-state index in [2.05, 4.69) is 10.3 Å². The van der Waals surface area contributed by atoms with E-state index in [1.54, 1.807) is 0 Å². The topological polar surface area (TPSA) is 62.2 Å². The van der Waals surface area contributed by atoms with Crippen molar-refractivity contribution in [1.82, 2.24) is 10.3 Å². The maximum Gasteiger partial charge on any atom is 0.258 e. The molecule has 1 fully saturated rings. The summed E-state index contributed by atoms with van der Waals surface area (Å²) in [6, 6.07) is 9.20. The Morgan fingerprint density at radius 2 is 2.05 bits per heavy atom. The molecule has 0 saturated heterocycles. The van der Waals surface area contributed by atoms with Crippen molar-refractivity contribution in [1.29, 1.82) is 0 Å². The molecule has 1 amide bonds. The van der Waals surface area contributed by atoms with Crippen molar-refractivity contribution in [2.45, 2.75) is 25.8 Å². The monoisotopic (exact) mass is 300 g/mol. The van der Waals surface area contributed by atoms with Gasteiger partial charge in [0.15, 0.2) is 0 Å². The standard InChI is InChI=1S/C17H17FN2O2/c1-10-4-2-6-13(19-10)16(11-8-9-11)20-17(22)15-12(18)5-3-7-14(15)21/h2-7,11,16,21H,8-9H2,1H3,(H,20,22). The number of carbonyl (C=O) groups excluding carboxylic acids is 1. The van der Waals surface area contributed by atoms with Gasteiger partial charge in [0, 0.05) is 5.69 Å². The SMILES string of the molecule is Cc1cccc(C(NC(=O)c2c(O)cccc2F)C2CC2)n1. The van der Waals surface area contributed by atoms with Gasteiger partial charge in [0.05, 0.1) is 11.7 Å². The van der Waals surface area contributed by atoms with Gasteiger partial charge >= 0.3 is 0 Å². The summed E-state index contributed by atoms with van der Waals surface area (Å²) in [5, 5.41) is 12.5. The lowest BCUT2D eigenvalue weighted by atomic mass is 10.1. The highest BCUT2D eigenvalue weighted by atomic mass is 19.1. The number of amides is 1. The van der Waals surface area contributed by atoms with Crippen molar-refractivity contribution >= 4 is 5.91 Å². The molecule has 0 spiro atoms. The third-order valence-electron chi connectivity index (χ3n) is 3.83. The van der Waals surface area contributed by atoms with Crippen LogP contribution in [0, 0.1) is 18.7 Å². The molecule has 1 aromatic heterocycles. The first kappa shape index (κ1) is 14.5. The summed E-state index contributed by atoms with van der Waals surface area (Å²) >= 11 is 0. The van der Waals surface area contributed by atoms with Gasteiger partial charge in [0.25, 0.3) is 5.91 Å². The minimum absolute atomic E-state index is 0.258. The lowest BCUT2D eigenvalue weighted by Crippen LogP contribution is -2.31. The second kappa shape index (κ2) is 5.75. The lowest BCUT2D eigenvalue weighted by molar-refractivity contribution is 0.0923. The number of benzene rings is 1. The van der Waals surface area contributed by atoms with Gasteiger partial charge in [-0.15, -0.1) is 0 Å². The van der Waals surface area contributed by atoms with Crippen molar-refractivity contribution in [2.75, 3.05) is 0 Å². The van der Waals surface area contributed by atoms with Crippen LogP contribution in [0.1, 0.15) is 40.6 Å². The maximum atomic E-state index is 13.8. The van der Waals surface area contributed by atoms with E-state index >= 15 is 0 Å². The van der Waals surface area contributed by atoms with Crippen LogP contribution in [-0.4, -0.2) is 16.0 Å². The second-order valence-electron chi connectivity index (χ2n) is 5.63. The number of hydrogen-bond donors (Lipinski definition) is 2. The summed E-state index contributed by atoms with van der Waals surface area (Å²) in [6.07, 6.45) is 2.01. The smallest absolute Gasteiger partial charge is 0.258 e. The first-order valence-corrected chi connectivity index (χ1v) is 7.28. The Labute approximate surface area is 128 Å². The molecule has 1 aromatic carbocycles. The number of hydrogen-bond acceptors (Lipinski definition) is 3. The van der Waals surface area contributed by atoms with Crippen LogP contribution in [0.15, 0.2) is 36.4 Å². The van der Waals surface area contributed by atoms with Crippen molar-refractivity contribution in [3.63, 3.8) is 0 Å². The zero-order valence-corrected chi connectivity index (χ0v) is 12.2. The Hall–Kier alpha value is -2.43. The lowest BCUT2D eigenvalue weighted by Gasteiger charge is -2.19. The number of carbonyl (C=O) groups is 1. The van der Waals surface area contributed by atoms with Crippen molar-refractivity contribution < 1.29 is 14.3 Å². The third-order valence-corrected chi connectivity index (χ3v) is 3.83. The number of rotatable bonds is 4. The Balaban J connectivity index is 1.87. The van der Waals surface area contributed by atoms with Crippen LogP contribution in [0.2, 0.25) is 0 Å². The molecule has 3 rings (SSSR count). The van der Waals surface area contributed by atoms with E-state index in [1.165, 1.54) is 12.1 Å². The molecule has 5 heteroatoms. The predicted molar refractivity (Wildman–Crippen MR) is 80.0 cm³/mol. The maximum absolute atomic E-state index is 13.8. The van der Waals surface area contributed by atoms with Gasteiger partial charge in [-0.2, -0.15) is 0 Å². The number of aromatic nitrogens is 1. The number of pyridine rings is 1. The highest BCUT2D eigenvalue weighted by Crippen LogP contribution is 2.40. The second-order valence-corrected chi connectivity index (χ2v) is 5.63. The number of aryl methyl sites for hydroxylation is 1. The molecular weight excluding hydrogens is 283 g/mol. The normalized spacial score (nSPS) is 15.4. The van der Waals surface area contributed by atoms with Gasteiger partial charge < -0.3 is 10.4 Å². The largest absolute Gasteiger partial charge is 0.507 e. The molecule has 1 saturated carbocycles. The summed E-state index contributed by atoms with van der Waals surface area (Å²) in [4.78, 5) is 16.8. The van der Waals surface area contributed by atoms with Crippen LogP contribution in [0.5, 0.6) is 5.75 Å². The summed E-state index contributed by atoms with van der Waals surface area (Å²) < 4.78 is 13.8. The molecule has 1 atom stereocenters. The number of phenolic OH excluding ortho intramolecular Hbond substituents is 1. The summed E-state index contributed by atoms with van der Waals surface area (Å²) in [5.41, 5.74) is 1.32. The van der Waals surface area contributed by atoms with Crippen LogP contribution in [0.25, 0.3) is 0 Å². The van der Waals surface area contributed by atoms with E-state index in [1.807, 2.05) is 25.1 Å². The van der Waals surface area contributed by atoms with E-state index in [-0.39, 0.29) is 17.4 Å². The summed E-state index contributed by atoms with van der Waals surface area (Å²) in [7, 11) is 0. The summed E-state index contributed by atoms with van der Waals surface area (Å²) in [5.74, 6) is -1.39. The first-order chi connectivity index (χ1) is 10.6. The molecule has 114 valence electrons. The van der Waals surface area contributed by atoms with Gasteiger partial charge in [-0.05, 0) is 49.9 Å². The predicted octanol–water partition coefficient (Wildman–Crippen LogP) is 3.12. The summed E-state index contributed by atoms with van der Waals surface area (Å²) in [6.45, 7) is 1.89. The number of aromatic hydroxyl groups is 1. The molecule has 2 N–H and O–H groups in total. The minimum Gasteiger partial charge on any atom is -0.507 e. The van der Waals surface area contributed by atoms with Crippen LogP contribution in [-0.2, 0) is 0 Å². The van der Waals surface area contributed by atoms with Crippen LogP contribution in [0.4, 0.5) is 4.39 Å². The van der Waals surface area contributed by atoms with E-state index in [4.69, 9.17) is 0 Å². The molecule has 0 radical (unpaired) electrons. The fourth-order valence-electron chi connectivity index (χ4n) is 2.55. The molecule has 0 bridgehead atoms. The van der Waals surface area contributed by atoms with Gasteiger partial charge in [-0.1, -0.05) is 12.1 Å². The van der Waals surface area contributed by atoms with E-state index in [9.17, 15) is 14.3 Å². The molecule has 1 unspecified atom stereocenters. The Bertz CT molecular complexity index is 693.